The minimum Gasteiger partial charge on any atom is -0.489 e. The molecule has 2 aromatic rings. The minimum absolute atomic E-state index is 0.403. The van der Waals surface area contributed by atoms with E-state index in [-0.39, 0.29) is 0 Å². The fourth-order valence-corrected chi connectivity index (χ4v) is 3.25. The summed E-state index contributed by atoms with van der Waals surface area (Å²) < 4.78 is 6.11. The van der Waals surface area contributed by atoms with E-state index in [4.69, 9.17) is 9.53 Å². The molecule has 1 saturated heterocycles. The minimum atomic E-state index is 0.403. The Balaban J connectivity index is 0.000000596. The summed E-state index contributed by atoms with van der Waals surface area (Å²) >= 11 is 0. The van der Waals surface area contributed by atoms with Gasteiger partial charge in [-0.3, -0.25) is 10.2 Å². The molecule has 1 fully saturated rings. The van der Waals surface area contributed by atoms with Crippen molar-refractivity contribution in [3.05, 3.63) is 53.1 Å². The van der Waals surface area contributed by atoms with Crippen molar-refractivity contribution in [3.8, 4) is 5.75 Å². The van der Waals surface area contributed by atoms with E-state index in [0.717, 1.165) is 11.4 Å². The molecule has 2 aromatic carbocycles. The van der Waals surface area contributed by atoms with Crippen LogP contribution in [0.1, 0.15) is 29.5 Å². The predicted molar refractivity (Wildman–Crippen MR) is 111 cm³/mol. The van der Waals surface area contributed by atoms with E-state index in [9.17, 15) is 0 Å². The topological polar surface area (TPSA) is 79.6 Å². The summed E-state index contributed by atoms with van der Waals surface area (Å²) in [7, 11) is 1.95. The fraction of sp³-hybridized carbons (Fsp3) is 0.381. The third-order valence-electron chi connectivity index (χ3n) is 4.75. The van der Waals surface area contributed by atoms with Crippen LogP contribution in [0.15, 0.2) is 36.4 Å². The van der Waals surface area contributed by atoms with Crippen LogP contribution >= 0.6 is 0 Å². The van der Waals surface area contributed by atoms with E-state index in [2.05, 4.69) is 66.3 Å². The standard InChI is InChI=1S/C20H26N2O.CH4N2O/c1-15-7-6-8-19(21-3)18(15)14-23-20-10-9-17(13-16(20)2)22-11-4-5-12-22;2-3-1-4/h6-10,13,21H,4-5,11-12,14H2,1-3H3;1H,2H2,(H,3,4). The molecule has 6 nitrogen and oxygen atoms in total. The van der Waals surface area contributed by atoms with Gasteiger partial charge in [0, 0.05) is 37.1 Å². The lowest BCUT2D eigenvalue weighted by Gasteiger charge is -2.20. The summed E-state index contributed by atoms with van der Waals surface area (Å²) in [5.74, 6) is 5.38. The molecule has 1 heterocycles. The first-order chi connectivity index (χ1) is 13.1. The van der Waals surface area contributed by atoms with E-state index in [1.54, 1.807) is 5.43 Å². The van der Waals surface area contributed by atoms with Crippen LogP contribution in [-0.2, 0) is 11.4 Å². The van der Waals surface area contributed by atoms with E-state index in [1.807, 2.05) is 7.05 Å². The van der Waals surface area contributed by atoms with Crippen LogP contribution in [0.3, 0.4) is 0 Å². The molecule has 0 radical (unpaired) electrons. The summed E-state index contributed by atoms with van der Waals surface area (Å²) in [6, 6.07) is 12.8. The molecule has 1 aliphatic heterocycles. The first kappa shape index (κ1) is 20.6. The molecule has 1 aliphatic rings. The largest absolute Gasteiger partial charge is 0.489 e. The molecule has 4 N–H and O–H groups in total. The Morgan fingerprint density at radius 2 is 1.85 bits per heavy atom. The second-order valence-corrected chi connectivity index (χ2v) is 6.57. The summed E-state index contributed by atoms with van der Waals surface area (Å²) in [6.07, 6.45) is 3.01. The van der Waals surface area contributed by atoms with Crippen molar-refractivity contribution >= 4 is 17.8 Å². The third kappa shape index (κ3) is 5.62. The van der Waals surface area contributed by atoms with Gasteiger partial charge in [-0.1, -0.05) is 12.1 Å². The quantitative estimate of drug-likeness (QED) is 0.315. The lowest BCUT2D eigenvalue weighted by atomic mass is 10.1. The fourth-order valence-electron chi connectivity index (χ4n) is 3.25. The molecule has 6 heteroatoms. The lowest BCUT2D eigenvalue weighted by molar-refractivity contribution is -0.109. The molecule has 0 spiro atoms. The number of nitrogens with two attached hydrogens (primary N) is 1. The number of nitrogens with zero attached hydrogens (tertiary/aromatic N) is 1. The highest BCUT2D eigenvalue weighted by molar-refractivity contribution is 5.55. The van der Waals surface area contributed by atoms with Gasteiger partial charge in [-0.05, 0) is 62.1 Å². The molecule has 0 unspecified atom stereocenters. The maximum Gasteiger partial charge on any atom is 0.221 e. The van der Waals surface area contributed by atoms with Crippen LogP contribution < -0.4 is 26.2 Å². The second kappa shape index (κ2) is 10.4. The molecule has 3 rings (SSSR count). The predicted octanol–water partition coefficient (Wildman–Crippen LogP) is 3.13. The average Bonchev–Trinajstić information content (AvgIpc) is 3.22. The number of carbonyl (C=O) groups excluding carboxylic acids is 1. The zero-order valence-electron chi connectivity index (χ0n) is 16.4. The van der Waals surface area contributed by atoms with Gasteiger partial charge in [0.25, 0.3) is 0 Å². The zero-order chi connectivity index (χ0) is 19.6. The van der Waals surface area contributed by atoms with E-state index in [0.29, 0.717) is 13.0 Å². The van der Waals surface area contributed by atoms with Crippen LogP contribution in [0.25, 0.3) is 0 Å². The lowest BCUT2D eigenvalue weighted by Crippen LogP contribution is -2.18. The van der Waals surface area contributed by atoms with Crippen LogP contribution in [0, 0.1) is 13.8 Å². The van der Waals surface area contributed by atoms with Gasteiger partial charge in [0.15, 0.2) is 0 Å². The molecule has 0 atom stereocenters. The van der Waals surface area contributed by atoms with E-state index < -0.39 is 0 Å². The maximum absolute atomic E-state index is 8.94. The Bertz CT molecular complexity index is 743. The summed E-state index contributed by atoms with van der Waals surface area (Å²) in [4.78, 5) is 11.4. The van der Waals surface area contributed by atoms with Gasteiger partial charge >= 0.3 is 0 Å². The number of aryl methyl sites for hydroxylation is 2. The SMILES string of the molecule is CNc1cccc(C)c1COc1ccc(N2CCCC2)cc1C.NNC=O. The molecule has 0 saturated carbocycles. The van der Waals surface area contributed by atoms with Crippen molar-refractivity contribution < 1.29 is 9.53 Å². The maximum atomic E-state index is 8.94. The summed E-state index contributed by atoms with van der Waals surface area (Å²) in [6.45, 7) is 7.20. The van der Waals surface area contributed by atoms with Gasteiger partial charge in [0.05, 0.1) is 0 Å². The van der Waals surface area contributed by atoms with Gasteiger partial charge in [0.1, 0.15) is 12.4 Å². The van der Waals surface area contributed by atoms with Gasteiger partial charge in [-0.2, -0.15) is 0 Å². The molecule has 1 amide bonds. The van der Waals surface area contributed by atoms with Crippen molar-refractivity contribution in [2.75, 3.05) is 30.4 Å². The molecule has 27 heavy (non-hydrogen) atoms. The number of benzene rings is 2. The van der Waals surface area contributed by atoms with E-state index in [1.165, 1.54) is 48.3 Å². The van der Waals surface area contributed by atoms with Crippen LogP contribution in [0.4, 0.5) is 11.4 Å². The number of hydrazine groups is 1. The molecule has 0 aromatic heterocycles. The molecular formula is C21H30N4O2. The summed E-state index contributed by atoms with van der Waals surface area (Å²) in [5.41, 5.74) is 7.88. The highest BCUT2D eigenvalue weighted by Gasteiger charge is 2.13. The van der Waals surface area contributed by atoms with Crippen molar-refractivity contribution in [3.63, 3.8) is 0 Å². The molecule has 0 bridgehead atoms. The molecule has 0 aliphatic carbocycles. The number of amides is 1. The Hall–Kier alpha value is -2.73. The smallest absolute Gasteiger partial charge is 0.221 e. The van der Waals surface area contributed by atoms with Gasteiger partial charge in [0.2, 0.25) is 6.41 Å². The van der Waals surface area contributed by atoms with Crippen LogP contribution in [0.2, 0.25) is 0 Å². The van der Waals surface area contributed by atoms with Gasteiger partial charge in [-0.15, -0.1) is 0 Å². The number of anilines is 2. The normalized spacial score (nSPS) is 12.8. The Morgan fingerprint density at radius 1 is 1.15 bits per heavy atom. The highest BCUT2D eigenvalue weighted by Crippen LogP contribution is 2.28. The summed E-state index contributed by atoms with van der Waals surface area (Å²) in [5, 5.41) is 3.25. The number of nitrogens with one attached hydrogen (secondary N) is 2. The van der Waals surface area contributed by atoms with Gasteiger partial charge in [-0.25, -0.2) is 5.84 Å². The average molecular weight is 370 g/mol. The van der Waals surface area contributed by atoms with Crippen molar-refractivity contribution in [2.45, 2.75) is 33.3 Å². The van der Waals surface area contributed by atoms with Crippen molar-refractivity contribution in [2.24, 2.45) is 5.84 Å². The number of ether oxygens (including phenoxy) is 1. The van der Waals surface area contributed by atoms with Crippen molar-refractivity contribution in [1.82, 2.24) is 5.43 Å². The number of rotatable bonds is 6. The van der Waals surface area contributed by atoms with E-state index >= 15 is 0 Å². The number of hydrogen-bond donors (Lipinski definition) is 3. The third-order valence-corrected chi connectivity index (χ3v) is 4.75. The first-order valence-corrected chi connectivity index (χ1v) is 9.25. The monoisotopic (exact) mass is 370 g/mol. The van der Waals surface area contributed by atoms with Crippen LogP contribution in [0.5, 0.6) is 5.75 Å². The Morgan fingerprint density at radius 3 is 2.44 bits per heavy atom. The van der Waals surface area contributed by atoms with Crippen LogP contribution in [-0.4, -0.2) is 26.5 Å². The second-order valence-electron chi connectivity index (χ2n) is 6.57. The van der Waals surface area contributed by atoms with Crippen molar-refractivity contribution in [1.29, 1.82) is 0 Å². The molecule has 146 valence electrons. The number of carbonyl (C=O) groups is 1. The van der Waals surface area contributed by atoms with Gasteiger partial charge < -0.3 is 15.0 Å². The number of hydrogen-bond acceptors (Lipinski definition) is 5. The first-order valence-electron chi connectivity index (χ1n) is 9.25. The highest BCUT2D eigenvalue weighted by atomic mass is 16.5. The Kier molecular flexibility index (Phi) is 7.95. The Labute approximate surface area is 161 Å². The zero-order valence-corrected chi connectivity index (χ0v) is 16.4. The molecular weight excluding hydrogens is 340 g/mol.